The largest absolute Gasteiger partial charge is 0.311 e. The number of rotatable bonds is 6. The van der Waals surface area contributed by atoms with Crippen LogP contribution in [0, 0.1) is 5.92 Å². The summed E-state index contributed by atoms with van der Waals surface area (Å²) in [5, 5.41) is 3.85. The molecule has 0 aromatic rings. The fourth-order valence-corrected chi connectivity index (χ4v) is 2.87. The van der Waals surface area contributed by atoms with Gasteiger partial charge in [0.15, 0.2) is 0 Å². The molecule has 1 fully saturated rings. The van der Waals surface area contributed by atoms with Gasteiger partial charge in [0.05, 0.1) is 0 Å². The van der Waals surface area contributed by atoms with E-state index in [0.29, 0.717) is 12.1 Å². The van der Waals surface area contributed by atoms with Crippen LogP contribution in [-0.2, 0) is 0 Å². The van der Waals surface area contributed by atoms with E-state index in [1.807, 2.05) is 0 Å². The van der Waals surface area contributed by atoms with E-state index in [0.717, 1.165) is 12.0 Å². The summed E-state index contributed by atoms with van der Waals surface area (Å²) in [6, 6.07) is 2.14. The van der Waals surface area contributed by atoms with E-state index in [9.17, 15) is 0 Å². The van der Waals surface area contributed by atoms with Crippen LogP contribution in [0.5, 0.6) is 0 Å². The van der Waals surface area contributed by atoms with Crippen molar-refractivity contribution in [3.63, 3.8) is 0 Å². The minimum Gasteiger partial charge on any atom is -0.311 e. The van der Waals surface area contributed by atoms with Crippen molar-refractivity contribution in [1.82, 2.24) is 10.2 Å². The molecule has 1 saturated heterocycles. The lowest BCUT2D eigenvalue weighted by molar-refractivity contribution is 0.228. The Morgan fingerprint density at radius 1 is 1.00 bits per heavy atom. The zero-order chi connectivity index (χ0) is 13.5. The summed E-state index contributed by atoms with van der Waals surface area (Å²) in [7, 11) is 0. The summed E-state index contributed by atoms with van der Waals surface area (Å²) in [4.78, 5) is 2.63. The van der Waals surface area contributed by atoms with Crippen molar-refractivity contribution >= 4 is 0 Å². The summed E-state index contributed by atoms with van der Waals surface area (Å²) in [5.74, 6) is 0.833. The average Bonchev–Trinajstić information content (AvgIpc) is 2.52. The highest BCUT2D eigenvalue weighted by Gasteiger charge is 2.19. The van der Waals surface area contributed by atoms with Crippen LogP contribution in [-0.4, -0.2) is 36.1 Å². The zero-order valence-electron chi connectivity index (χ0n) is 13.2. The summed E-state index contributed by atoms with van der Waals surface area (Å²) in [6.45, 7) is 14.2. The molecule has 0 aliphatic carbocycles. The Hall–Kier alpha value is -0.0800. The lowest BCUT2D eigenvalue weighted by Gasteiger charge is -2.25. The van der Waals surface area contributed by atoms with Crippen LogP contribution in [0.3, 0.4) is 0 Å². The van der Waals surface area contributed by atoms with Gasteiger partial charge in [-0.2, -0.15) is 0 Å². The Labute approximate surface area is 115 Å². The summed E-state index contributed by atoms with van der Waals surface area (Å²) in [5.41, 5.74) is 0. The standard InChI is InChI=1S/C16H34N2/c1-13(2)8-9-15(5)17-16-7-6-11-18(12-10-16)14(3)4/h13-17H,6-12H2,1-5H3. The monoisotopic (exact) mass is 254 g/mol. The van der Waals surface area contributed by atoms with Crippen molar-refractivity contribution in [2.45, 2.75) is 84.8 Å². The van der Waals surface area contributed by atoms with E-state index in [1.165, 1.54) is 45.2 Å². The SMILES string of the molecule is CC(C)CCC(C)NC1CCCN(C(C)C)CC1. The molecule has 0 aromatic carbocycles. The third kappa shape index (κ3) is 6.19. The molecule has 0 aromatic heterocycles. The van der Waals surface area contributed by atoms with Crippen LogP contribution in [0.2, 0.25) is 0 Å². The molecule has 1 rings (SSSR count). The third-order valence-corrected chi connectivity index (χ3v) is 4.19. The molecule has 0 bridgehead atoms. The molecule has 108 valence electrons. The van der Waals surface area contributed by atoms with Crippen LogP contribution >= 0.6 is 0 Å². The van der Waals surface area contributed by atoms with Gasteiger partial charge in [0.1, 0.15) is 0 Å². The minimum absolute atomic E-state index is 0.683. The molecule has 0 radical (unpaired) electrons. The van der Waals surface area contributed by atoms with Crippen molar-refractivity contribution < 1.29 is 0 Å². The van der Waals surface area contributed by atoms with Crippen LogP contribution in [0.25, 0.3) is 0 Å². The second kappa shape index (κ2) is 8.16. The molecule has 1 aliphatic heterocycles. The molecule has 0 spiro atoms. The van der Waals surface area contributed by atoms with Gasteiger partial charge in [0, 0.05) is 18.1 Å². The summed E-state index contributed by atoms with van der Waals surface area (Å²) in [6.07, 6.45) is 6.70. The molecule has 0 saturated carbocycles. The highest BCUT2D eigenvalue weighted by Crippen LogP contribution is 2.15. The quantitative estimate of drug-likeness (QED) is 0.778. The molecule has 1 aliphatic rings. The van der Waals surface area contributed by atoms with Crippen molar-refractivity contribution in [3.8, 4) is 0 Å². The van der Waals surface area contributed by atoms with Gasteiger partial charge < -0.3 is 10.2 Å². The molecular weight excluding hydrogens is 220 g/mol. The van der Waals surface area contributed by atoms with Gasteiger partial charge in [0.25, 0.3) is 0 Å². The smallest absolute Gasteiger partial charge is 0.00821 e. The van der Waals surface area contributed by atoms with Gasteiger partial charge >= 0.3 is 0 Å². The predicted octanol–water partition coefficient (Wildman–Crippen LogP) is 3.66. The number of likely N-dealkylation sites (tertiary alicyclic amines) is 1. The fraction of sp³-hybridized carbons (Fsp3) is 1.00. The Bertz CT molecular complexity index is 213. The van der Waals surface area contributed by atoms with E-state index in [-0.39, 0.29) is 0 Å². The van der Waals surface area contributed by atoms with Crippen molar-refractivity contribution in [1.29, 1.82) is 0 Å². The fourth-order valence-electron chi connectivity index (χ4n) is 2.87. The maximum atomic E-state index is 3.85. The van der Waals surface area contributed by atoms with E-state index >= 15 is 0 Å². The van der Waals surface area contributed by atoms with Crippen molar-refractivity contribution in [3.05, 3.63) is 0 Å². The normalized spacial score (nSPS) is 24.5. The Morgan fingerprint density at radius 3 is 2.33 bits per heavy atom. The first-order chi connectivity index (χ1) is 8.49. The van der Waals surface area contributed by atoms with Crippen LogP contribution < -0.4 is 5.32 Å². The van der Waals surface area contributed by atoms with Gasteiger partial charge in [0.2, 0.25) is 0 Å². The number of nitrogens with zero attached hydrogens (tertiary/aromatic N) is 1. The van der Waals surface area contributed by atoms with Crippen LogP contribution in [0.15, 0.2) is 0 Å². The molecule has 2 atom stereocenters. The van der Waals surface area contributed by atoms with Crippen molar-refractivity contribution in [2.24, 2.45) is 5.92 Å². The zero-order valence-corrected chi connectivity index (χ0v) is 13.2. The van der Waals surface area contributed by atoms with Gasteiger partial charge in [-0.15, -0.1) is 0 Å². The Morgan fingerprint density at radius 2 is 1.72 bits per heavy atom. The lowest BCUT2D eigenvalue weighted by Crippen LogP contribution is -2.38. The third-order valence-electron chi connectivity index (χ3n) is 4.19. The number of hydrogen-bond donors (Lipinski definition) is 1. The van der Waals surface area contributed by atoms with Gasteiger partial charge in [-0.05, 0) is 71.9 Å². The predicted molar refractivity (Wildman–Crippen MR) is 81.0 cm³/mol. The van der Waals surface area contributed by atoms with E-state index in [2.05, 4.69) is 44.8 Å². The lowest BCUT2D eigenvalue weighted by atomic mass is 10.0. The maximum absolute atomic E-state index is 3.85. The molecule has 2 nitrogen and oxygen atoms in total. The van der Waals surface area contributed by atoms with Gasteiger partial charge in [-0.1, -0.05) is 13.8 Å². The number of nitrogens with one attached hydrogen (secondary N) is 1. The van der Waals surface area contributed by atoms with E-state index in [1.54, 1.807) is 0 Å². The van der Waals surface area contributed by atoms with Crippen molar-refractivity contribution in [2.75, 3.05) is 13.1 Å². The Balaban J connectivity index is 2.26. The average molecular weight is 254 g/mol. The maximum Gasteiger partial charge on any atom is 0.00821 e. The molecule has 18 heavy (non-hydrogen) atoms. The van der Waals surface area contributed by atoms with Gasteiger partial charge in [-0.3, -0.25) is 0 Å². The molecule has 2 unspecified atom stereocenters. The number of hydrogen-bond acceptors (Lipinski definition) is 2. The minimum atomic E-state index is 0.683. The Kier molecular flexibility index (Phi) is 7.25. The molecular formula is C16H34N2. The highest BCUT2D eigenvalue weighted by atomic mass is 15.1. The van der Waals surface area contributed by atoms with Crippen LogP contribution in [0.4, 0.5) is 0 Å². The first kappa shape index (κ1) is 16.0. The first-order valence-electron chi connectivity index (χ1n) is 7.99. The van der Waals surface area contributed by atoms with Crippen LogP contribution in [0.1, 0.15) is 66.7 Å². The molecule has 2 heteroatoms. The second-order valence-corrected chi connectivity index (χ2v) is 6.80. The topological polar surface area (TPSA) is 15.3 Å². The second-order valence-electron chi connectivity index (χ2n) is 6.80. The van der Waals surface area contributed by atoms with E-state index < -0.39 is 0 Å². The highest BCUT2D eigenvalue weighted by molar-refractivity contribution is 4.78. The molecule has 0 amide bonds. The molecule has 1 N–H and O–H groups in total. The van der Waals surface area contributed by atoms with Gasteiger partial charge in [-0.25, -0.2) is 0 Å². The van der Waals surface area contributed by atoms with E-state index in [4.69, 9.17) is 0 Å². The summed E-state index contributed by atoms with van der Waals surface area (Å²) >= 11 is 0. The summed E-state index contributed by atoms with van der Waals surface area (Å²) < 4.78 is 0. The first-order valence-corrected chi connectivity index (χ1v) is 7.99. The molecule has 1 heterocycles.